The van der Waals surface area contributed by atoms with Gasteiger partial charge in [-0.2, -0.15) is 0 Å². The number of amides is 1. The number of rotatable bonds is 7. The van der Waals surface area contributed by atoms with Crippen LogP contribution in [0.2, 0.25) is 0 Å². The van der Waals surface area contributed by atoms with Crippen molar-refractivity contribution in [2.24, 2.45) is 0 Å². The Labute approximate surface area is 243 Å². The Morgan fingerprint density at radius 1 is 0.977 bits per heavy atom. The van der Waals surface area contributed by atoms with E-state index < -0.39 is 28.0 Å². The van der Waals surface area contributed by atoms with Crippen molar-refractivity contribution < 1.29 is 40.3 Å². The Hall–Kier alpha value is -5.11. The maximum absolute atomic E-state index is 12.7. The van der Waals surface area contributed by atoms with Crippen molar-refractivity contribution in [3.8, 4) is 45.1 Å². The molecule has 0 fully saturated rings. The smallest absolute Gasteiger partial charge is 0.453 e. The van der Waals surface area contributed by atoms with Gasteiger partial charge >= 0.3 is 12.5 Å². The van der Waals surface area contributed by atoms with E-state index in [1.54, 1.807) is 55.6 Å². The van der Waals surface area contributed by atoms with Crippen LogP contribution in [0.5, 0.6) is 5.75 Å². The molecule has 2 aromatic heterocycles. The molecular formula is C29H23F3N4O6S. The van der Waals surface area contributed by atoms with Crippen LogP contribution < -0.4 is 10.1 Å². The molecule has 2 heterocycles. The van der Waals surface area contributed by atoms with Crippen LogP contribution in [0.3, 0.4) is 0 Å². The molecule has 0 aliphatic rings. The molecule has 1 N–H and O–H groups in total. The summed E-state index contributed by atoms with van der Waals surface area (Å²) in [6, 6.07) is 18.4. The first-order valence-corrected chi connectivity index (χ1v) is 14.4. The molecule has 0 atom stereocenters. The Balaban J connectivity index is 1.66. The Morgan fingerprint density at radius 2 is 1.67 bits per heavy atom. The Morgan fingerprint density at radius 3 is 2.35 bits per heavy atom. The molecule has 0 spiro atoms. The van der Waals surface area contributed by atoms with Crippen molar-refractivity contribution in [3.63, 3.8) is 0 Å². The van der Waals surface area contributed by atoms with Gasteiger partial charge in [-0.3, -0.25) is 5.32 Å². The first-order chi connectivity index (χ1) is 20.3. The molecule has 43 heavy (non-hydrogen) atoms. The summed E-state index contributed by atoms with van der Waals surface area (Å²) in [6.07, 6.45) is -2.84. The summed E-state index contributed by atoms with van der Waals surface area (Å²) < 4.78 is 78.6. The zero-order valence-electron chi connectivity index (χ0n) is 22.8. The van der Waals surface area contributed by atoms with Crippen LogP contribution in [0.25, 0.3) is 39.4 Å². The average Bonchev–Trinajstić information content (AvgIpc) is 3.58. The van der Waals surface area contributed by atoms with Crippen LogP contribution in [0.4, 0.5) is 23.8 Å². The second-order valence-electron chi connectivity index (χ2n) is 9.28. The van der Waals surface area contributed by atoms with Crippen molar-refractivity contribution in [1.29, 1.82) is 0 Å². The normalized spacial score (nSPS) is 11.8. The highest BCUT2D eigenvalue weighted by Gasteiger charge is 2.31. The van der Waals surface area contributed by atoms with Crippen LogP contribution in [0.1, 0.15) is 5.89 Å². The lowest BCUT2D eigenvalue weighted by atomic mass is 9.98. The van der Waals surface area contributed by atoms with Gasteiger partial charge in [-0.15, -0.1) is 18.3 Å². The highest BCUT2D eigenvalue weighted by Crippen LogP contribution is 2.39. The van der Waals surface area contributed by atoms with Gasteiger partial charge in [0, 0.05) is 36.6 Å². The minimum atomic E-state index is -4.84. The van der Waals surface area contributed by atoms with E-state index in [0.29, 0.717) is 33.6 Å². The monoisotopic (exact) mass is 612 g/mol. The van der Waals surface area contributed by atoms with Gasteiger partial charge < -0.3 is 13.9 Å². The quantitative estimate of drug-likeness (QED) is 0.217. The molecule has 0 radical (unpaired) electrons. The molecule has 0 bridgehead atoms. The van der Waals surface area contributed by atoms with Gasteiger partial charge in [0.2, 0.25) is 0 Å². The van der Waals surface area contributed by atoms with Crippen LogP contribution >= 0.6 is 0 Å². The molecule has 0 aliphatic carbocycles. The fraction of sp³-hybridized carbons (Fsp3) is 0.138. The second-order valence-corrected chi connectivity index (χ2v) is 11.3. The Bertz CT molecular complexity index is 1920. The summed E-state index contributed by atoms with van der Waals surface area (Å²) in [5, 5.41) is 6.88. The standard InChI is InChI=1S/C29H23F3N4O6S/c1-17-33-26(18-7-10-21(11-8-18)42-29(30,31)32)27(41-17)23-16-20(19-5-4-6-22(15-19)43(3,38)39)9-12-24(23)36-14-13-25(35-36)34-28(37)40-2/h4-16H,1-3H3,(H,34,35,37). The van der Waals surface area contributed by atoms with E-state index in [0.717, 1.165) is 6.26 Å². The van der Waals surface area contributed by atoms with Gasteiger partial charge in [0.1, 0.15) is 11.4 Å². The van der Waals surface area contributed by atoms with Gasteiger partial charge in [0.05, 0.1) is 17.7 Å². The summed E-state index contributed by atoms with van der Waals surface area (Å²) in [6.45, 7) is 1.62. The van der Waals surface area contributed by atoms with Crippen molar-refractivity contribution in [1.82, 2.24) is 14.8 Å². The van der Waals surface area contributed by atoms with E-state index >= 15 is 0 Å². The van der Waals surface area contributed by atoms with E-state index in [1.165, 1.54) is 42.1 Å². The number of aryl methyl sites for hydroxylation is 1. The van der Waals surface area contributed by atoms with E-state index in [9.17, 15) is 26.4 Å². The minimum absolute atomic E-state index is 0.138. The third kappa shape index (κ3) is 6.70. The van der Waals surface area contributed by atoms with Crippen molar-refractivity contribution in [2.45, 2.75) is 18.2 Å². The molecule has 0 saturated carbocycles. The number of nitrogens with zero attached hydrogens (tertiary/aromatic N) is 3. The number of nitrogens with one attached hydrogen (secondary N) is 1. The Kier molecular flexibility index (Phi) is 7.71. The van der Waals surface area contributed by atoms with Crippen LogP contribution in [-0.4, -0.2) is 49.0 Å². The fourth-order valence-corrected chi connectivity index (χ4v) is 4.97. The van der Waals surface area contributed by atoms with Gasteiger partial charge in [-0.1, -0.05) is 18.2 Å². The van der Waals surface area contributed by atoms with Crippen LogP contribution in [0.15, 0.2) is 88.3 Å². The number of hydrogen-bond acceptors (Lipinski definition) is 8. The van der Waals surface area contributed by atoms with Gasteiger partial charge in [-0.25, -0.2) is 22.9 Å². The largest absolute Gasteiger partial charge is 0.573 e. The van der Waals surface area contributed by atoms with Gasteiger partial charge in [0.25, 0.3) is 0 Å². The third-order valence-corrected chi connectivity index (χ3v) is 7.29. The maximum atomic E-state index is 12.7. The molecule has 222 valence electrons. The van der Waals surface area contributed by atoms with Crippen molar-refractivity contribution in [3.05, 3.63) is 84.9 Å². The maximum Gasteiger partial charge on any atom is 0.573 e. The van der Waals surface area contributed by atoms with E-state index in [-0.39, 0.29) is 22.4 Å². The van der Waals surface area contributed by atoms with E-state index in [1.807, 2.05) is 0 Å². The average molecular weight is 613 g/mol. The molecule has 5 aromatic rings. The molecule has 0 aliphatic heterocycles. The summed E-state index contributed by atoms with van der Waals surface area (Å²) in [4.78, 5) is 16.3. The number of carbonyl (C=O) groups is 1. The summed E-state index contributed by atoms with van der Waals surface area (Å²) in [7, 11) is -2.26. The molecule has 0 saturated heterocycles. The van der Waals surface area contributed by atoms with Crippen molar-refractivity contribution in [2.75, 3.05) is 18.7 Å². The molecule has 5 rings (SSSR count). The molecule has 14 heteroatoms. The first kappa shape index (κ1) is 29.4. The number of benzene rings is 3. The van der Waals surface area contributed by atoms with E-state index in [4.69, 9.17) is 4.42 Å². The number of alkyl halides is 3. The number of anilines is 1. The number of ether oxygens (including phenoxy) is 2. The zero-order chi connectivity index (χ0) is 30.9. The lowest BCUT2D eigenvalue weighted by molar-refractivity contribution is -0.274. The summed E-state index contributed by atoms with van der Waals surface area (Å²) in [5.74, 6) is 0.367. The number of halogens is 3. The second kappa shape index (κ2) is 11.3. The lowest BCUT2D eigenvalue weighted by Gasteiger charge is -2.13. The number of carbonyl (C=O) groups excluding carboxylic acids is 1. The SMILES string of the molecule is COC(=O)Nc1ccn(-c2ccc(-c3cccc(S(C)(=O)=O)c3)cc2-c2oc(C)nc2-c2ccc(OC(F)(F)F)cc2)n1. The van der Waals surface area contributed by atoms with Gasteiger partial charge in [-0.05, 0) is 59.7 Å². The predicted octanol–water partition coefficient (Wildman–Crippen LogP) is 6.65. The molecule has 3 aromatic carbocycles. The minimum Gasteiger partial charge on any atom is -0.453 e. The number of methoxy groups -OCH3 is 1. The molecular weight excluding hydrogens is 589 g/mol. The number of oxazole rings is 1. The zero-order valence-corrected chi connectivity index (χ0v) is 23.7. The van der Waals surface area contributed by atoms with Crippen LogP contribution in [0, 0.1) is 6.92 Å². The highest BCUT2D eigenvalue weighted by atomic mass is 32.2. The summed E-state index contributed by atoms with van der Waals surface area (Å²) in [5.41, 5.74) is 3.00. The van der Waals surface area contributed by atoms with Crippen molar-refractivity contribution >= 4 is 21.7 Å². The van der Waals surface area contributed by atoms with Gasteiger partial charge in [0.15, 0.2) is 27.3 Å². The first-order valence-electron chi connectivity index (χ1n) is 12.5. The number of hydrogen-bond donors (Lipinski definition) is 1. The van der Waals surface area contributed by atoms with Crippen LogP contribution in [-0.2, 0) is 14.6 Å². The molecule has 0 unspecified atom stereocenters. The third-order valence-electron chi connectivity index (χ3n) is 6.18. The highest BCUT2D eigenvalue weighted by molar-refractivity contribution is 7.90. The fourth-order valence-electron chi connectivity index (χ4n) is 4.30. The number of sulfone groups is 1. The molecule has 1 amide bonds. The predicted molar refractivity (Wildman–Crippen MR) is 150 cm³/mol. The summed E-state index contributed by atoms with van der Waals surface area (Å²) >= 11 is 0. The lowest BCUT2D eigenvalue weighted by Crippen LogP contribution is -2.16. The topological polar surface area (TPSA) is 126 Å². The number of aromatic nitrogens is 3. The van der Waals surface area contributed by atoms with E-state index in [2.05, 4.69) is 24.9 Å². The molecule has 10 nitrogen and oxygen atoms in total.